The normalized spacial score (nSPS) is 21.2. The van der Waals surface area contributed by atoms with Gasteiger partial charge < -0.3 is 15.2 Å². The lowest BCUT2D eigenvalue weighted by atomic mass is 9.94. The summed E-state index contributed by atoms with van der Waals surface area (Å²) in [7, 11) is 0. The Hall–Kier alpha value is -2.93. The Morgan fingerprint density at radius 3 is 2.59 bits per heavy atom. The Bertz CT molecular complexity index is 1300. The van der Waals surface area contributed by atoms with E-state index in [1.165, 1.54) is 36.0 Å². The maximum absolute atomic E-state index is 5.23. The van der Waals surface area contributed by atoms with E-state index in [1.807, 2.05) is 4.52 Å². The molecule has 4 aromatic rings. The van der Waals surface area contributed by atoms with Crippen LogP contribution >= 0.6 is 0 Å². The summed E-state index contributed by atoms with van der Waals surface area (Å²) in [5.41, 5.74) is 9.08. The summed E-state index contributed by atoms with van der Waals surface area (Å²) in [5, 5.41) is 8.18. The first-order chi connectivity index (χ1) is 15.5. The van der Waals surface area contributed by atoms with E-state index in [9.17, 15) is 0 Å². The summed E-state index contributed by atoms with van der Waals surface area (Å²) >= 11 is 0. The van der Waals surface area contributed by atoms with Crippen LogP contribution in [0.5, 0.6) is 0 Å². The molecule has 4 aromatic heterocycles. The molecule has 2 atom stereocenters. The topological polar surface area (TPSA) is 74.1 Å². The van der Waals surface area contributed by atoms with Gasteiger partial charge in [0.25, 0.3) is 0 Å². The first kappa shape index (κ1) is 19.7. The van der Waals surface area contributed by atoms with Crippen LogP contribution in [0.15, 0.2) is 24.7 Å². The molecule has 2 saturated heterocycles. The molecule has 2 fully saturated rings. The monoisotopic (exact) mass is 429 g/mol. The van der Waals surface area contributed by atoms with Gasteiger partial charge in [-0.3, -0.25) is 0 Å². The van der Waals surface area contributed by atoms with Gasteiger partial charge in [-0.1, -0.05) is 20.3 Å². The number of H-pyrrole nitrogens is 1. The highest BCUT2D eigenvalue weighted by Gasteiger charge is 2.31. The molecule has 6 heterocycles. The summed E-state index contributed by atoms with van der Waals surface area (Å²) in [4.78, 5) is 15.8. The molecule has 32 heavy (non-hydrogen) atoms. The van der Waals surface area contributed by atoms with E-state index in [-0.39, 0.29) is 0 Å². The standard InChI is InChI=1S/C25H31N7/c1-14(2)22-23(19-12-32-25(26-13-27-32)16(4)15(19)3)29-20-8-9-21(30-24(20)22)31-10-17-6-5-7-18(11-31)28-17/h8-9,12-14,17-18,28-29H,5-7,10-11H2,1-4H3/t17-,18+. The van der Waals surface area contributed by atoms with Crippen LogP contribution in [0.3, 0.4) is 0 Å². The molecular formula is C25H31N7. The van der Waals surface area contributed by atoms with Gasteiger partial charge in [0.15, 0.2) is 5.65 Å². The number of aryl methyl sites for hydroxylation is 1. The zero-order valence-electron chi connectivity index (χ0n) is 19.3. The van der Waals surface area contributed by atoms with Gasteiger partial charge in [-0.2, -0.15) is 5.10 Å². The number of piperazine rings is 1. The minimum Gasteiger partial charge on any atom is -0.353 e. The van der Waals surface area contributed by atoms with Gasteiger partial charge in [0.2, 0.25) is 0 Å². The second kappa shape index (κ2) is 7.30. The van der Waals surface area contributed by atoms with E-state index < -0.39 is 0 Å². The molecule has 0 radical (unpaired) electrons. The molecule has 2 bridgehead atoms. The quantitative estimate of drug-likeness (QED) is 0.507. The average molecular weight is 430 g/mol. The predicted molar refractivity (Wildman–Crippen MR) is 128 cm³/mol. The first-order valence-corrected chi connectivity index (χ1v) is 11.8. The predicted octanol–water partition coefficient (Wildman–Crippen LogP) is 4.34. The third kappa shape index (κ3) is 3.02. The molecular weight excluding hydrogens is 398 g/mol. The number of aromatic nitrogens is 5. The number of piperidine rings is 1. The van der Waals surface area contributed by atoms with E-state index in [0.29, 0.717) is 18.0 Å². The molecule has 6 rings (SSSR count). The summed E-state index contributed by atoms with van der Waals surface area (Å²) in [6.07, 6.45) is 7.60. The van der Waals surface area contributed by atoms with Crippen LogP contribution in [-0.4, -0.2) is 49.7 Å². The molecule has 2 aliphatic rings. The van der Waals surface area contributed by atoms with E-state index in [2.05, 4.69) is 71.3 Å². The molecule has 0 spiro atoms. The third-order valence-electron chi connectivity index (χ3n) is 7.42. The number of anilines is 1. The van der Waals surface area contributed by atoms with Crippen molar-refractivity contribution in [3.8, 4) is 11.3 Å². The largest absolute Gasteiger partial charge is 0.353 e. The van der Waals surface area contributed by atoms with Crippen molar-refractivity contribution in [3.05, 3.63) is 41.3 Å². The highest BCUT2D eigenvalue weighted by molar-refractivity contribution is 5.90. The van der Waals surface area contributed by atoms with Crippen LogP contribution < -0.4 is 10.2 Å². The lowest BCUT2D eigenvalue weighted by Crippen LogP contribution is -2.59. The maximum atomic E-state index is 5.23. The van der Waals surface area contributed by atoms with Crippen LogP contribution in [0.4, 0.5) is 5.82 Å². The number of nitrogens with zero attached hydrogens (tertiary/aromatic N) is 5. The number of hydrogen-bond acceptors (Lipinski definition) is 5. The van der Waals surface area contributed by atoms with E-state index >= 15 is 0 Å². The molecule has 0 amide bonds. The summed E-state index contributed by atoms with van der Waals surface area (Å²) < 4.78 is 1.88. The van der Waals surface area contributed by atoms with Gasteiger partial charge in [0, 0.05) is 42.5 Å². The van der Waals surface area contributed by atoms with Gasteiger partial charge in [-0.25, -0.2) is 14.5 Å². The molecule has 0 aromatic carbocycles. The van der Waals surface area contributed by atoms with Crippen LogP contribution in [-0.2, 0) is 0 Å². The number of rotatable bonds is 3. The summed E-state index contributed by atoms with van der Waals surface area (Å²) in [6, 6.07) is 5.57. The molecule has 0 saturated carbocycles. The minimum absolute atomic E-state index is 0.343. The third-order valence-corrected chi connectivity index (χ3v) is 7.42. The average Bonchev–Trinajstić information content (AvgIpc) is 3.40. The van der Waals surface area contributed by atoms with Gasteiger partial charge in [0.05, 0.1) is 16.7 Å². The number of fused-ring (bicyclic) bond motifs is 4. The lowest BCUT2D eigenvalue weighted by molar-refractivity contribution is 0.282. The Kier molecular flexibility index (Phi) is 4.50. The molecule has 7 nitrogen and oxygen atoms in total. The van der Waals surface area contributed by atoms with Gasteiger partial charge >= 0.3 is 0 Å². The van der Waals surface area contributed by atoms with E-state index in [1.54, 1.807) is 6.33 Å². The van der Waals surface area contributed by atoms with Crippen molar-refractivity contribution in [1.29, 1.82) is 0 Å². The van der Waals surface area contributed by atoms with Crippen molar-refractivity contribution in [2.24, 2.45) is 0 Å². The van der Waals surface area contributed by atoms with Crippen molar-refractivity contribution in [2.45, 2.75) is 65.0 Å². The number of hydrogen-bond donors (Lipinski definition) is 2. The maximum Gasteiger partial charge on any atom is 0.158 e. The van der Waals surface area contributed by atoms with Crippen LogP contribution in [0.2, 0.25) is 0 Å². The Morgan fingerprint density at radius 2 is 1.84 bits per heavy atom. The lowest BCUT2D eigenvalue weighted by Gasteiger charge is -2.43. The van der Waals surface area contributed by atoms with Crippen molar-refractivity contribution in [1.82, 2.24) is 29.9 Å². The molecule has 2 aliphatic heterocycles. The second-order valence-electron chi connectivity index (χ2n) is 9.85. The van der Waals surface area contributed by atoms with Crippen molar-refractivity contribution in [2.75, 3.05) is 18.0 Å². The summed E-state index contributed by atoms with van der Waals surface area (Å²) in [5.74, 6) is 1.44. The Balaban J connectivity index is 1.49. The molecule has 166 valence electrons. The first-order valence-electron chi connectivity index (χ1n) is 11.8. The highest BCUT2D eigenvalue weighted by Crippen LogP contribution is 2.38. The van der Waals surface area contributed by atoms with Crippen LogP contribution in [0, 0.1) is 13.8 Å². The fraction of sp³-hybridized carbons (Fsp3) is 0.480. The van der Waals surface area contributed by atoms with Crippen molar-refractivity contribution < 1.29 is 0 Å². The minimum atomic E-state index is 0.343. The molecule has 7 heteroatoms. The van der Waals surface area contributed by atoms with Crippen molar-refractivity contribution >= 4 is 22.5 Å². The van der Waals surface area contributed by atoms with E-state index in [0.717, 1.165) is 46.8 Å². The van der Waals surface area contributed by atoms with Crippen LogP contribution in [0.25, 0.3) is 27.9 Å². The number of nitrogens with one attached hydrogen (secondary N) is 2. The van der Waals surface area contributed by atoms with Crippen LogP contribution in [0.1, 0.15) is 55.7 Å². The Morgan fingerprint density at radius 1 is 1.06 bits per heavy atom. The van der Waals surface area contributed by atoms with Gasteiger partial charge in [-0.05, 0) is 55.9 Å². The number of pyridine rings is 2. The zero-order valence-corrected chi connectivity index (χ0v) is 19.3. The summed E-state index contributed by atoms with van der Waals surface area (Å²) in [6.45, 7) is 10.9. The fourth-order valence-corrected chi connectivity index (χ4v) is 5.67. The van der Waals surface area contributed by atoms with Crippen molar-refractivity contribution in [3.63, 3.8) is 0 Å². The molecule has 2 N–H and O–H groups in total. The van der Waals surface area contributed by atoms with Gasteiger partial charge in [0.1, 0.15) is 12.1 Å². The SMILES string of the molecule is Cc1c(-c2[nH]c3ccc(N4C[C@H]5CCC[C@@H](C4)N5)nc3c2C(C)C)cn2ncnc2c1C. The molecule has 0 aliphatic carbocycles. The smallest absolute Gasteiger partial charge is 0.158 e. The van der Waals surface area contributed by atoms with Gasteiger partial charge in [-0.15, -0.1) is 0 Å². The fourth-order valence-electron chi connectivity index (χ4n) is 5.67. The Labute approximate surface area is 188 Å². The zero-order chi connectivity index (χ0) is 22.0. The highest BCUT2D eigenvalue weighted by atomic mass is 15.3. The van der Waals surface area contributed by atoms with E-state index in [4.69, 9.17) is 4.98 Å². The molecule has 0 unspecified atom stereocenters. The number of aromatic amines is 1. The second-order valence-corrected chi connectivity index (χ2v) is 9.85.